The number of phenols is 1. The van der Waals surface area contributed by atoms with Crippen LogP contribution in [-0.4, -0.2) is 21.0 Å². The topological polar surface area (TPSA) is 75.1 Å². The highest BCUT2D eigenvalue weighted by Crippen LogP contribution is 2.34. The number of hydrogen-bond acceptors (Lipinski definition) is 4. The van der Waals surface area contributed by atoms with Gasteiger partial charge in [0.05, 0.1) is 17.1 Å². The molecule has 0 radical (unpaired) electrons. The van der Waals surface area contributed by atoms with E-state index in [-0.39, 0.29) is 17.6 Å². The first-order chi connectivity index (χ1) is 11.5. The zero-order valence-electron chi connectivity index (χ0n) is 14.4. The molecule has 5 heteroatoms. The lowest BCUT2D eigenvalue weighted by atomic mass is 9.91. The highest BCUT2D eigenvalue weighted by atomic mass is 16.3. The second-order valence-corrected chi connectivity index (χ2v) is 6.31. The molecule has 1 aromatic carbocycles. The molecule has 2 aromatic rings. The molecule has 0 aliphatic heterocycles. The van der Waals surface area contributed by atoms with Crippen LogP contribution in [0.25, 0.3) is 11.3 Å². The van der Waals surface area contributed by atoms with E-state index >= 15 is 0 Å². The molecule has 0 saturated carbocycles. The number of amides is 1. The van der Waals surface area contributed by atoms with Crippen molar-refractivity contribution in [2.45, 2.75) is 46.5 Å². The van der Waals surface area contributed by atoms with Crippen LogP contribution < -0.4 is 5.32 Å². The van der Waals surface area contributed by atoms with Crippen molar-refractivity contribution in [2.24, 2.45) is 5.92 Å². The number of aromatic nitrogens is 2. The summed E-state index contributed by atoms with van der Waals surface area (Å²) in [5, 5.41) is 12.6. The second kappa shape index (κ2) is 6.59. The molecule has 5 nitrogen and oxygen atoms in total. The fraction of sp³-hybridized carbons (Fsp3) is 0.421. The molecule has 3 rings (SSSR count). The predicted molar refractivity (Wildman–Crippen MR) is 94.0 cm³/mol. The maximum absolute atomic E-state index is 12.2. The summed E-state index contributed by atoms with van der Waals surface area (Å²) in [7, 11) is 0. The van der Waals surface area contributed by atoms with Crippen LogP contribution in [-0.2, 0) is 24.1 Å². The third-order valence-corrected chi connectivity index (χ3v) is 4.65. The van der Waals surface area contributed by atoms with Gasteiger partial charge in [0.15, 0.2) is 5.82 Å². The number of fused-ring (bicyclic) bond motifs is 3. The van der Waals surface area contributed by atoms with Gasteiger partial charge in [-0.15, -0.1) is 0 Å². The van der Waals surface area contributed by atoms with Crippen molar-refractivity contribution < 1.29 is 9.90 Å². The van der Waals surface area contributed by atoms with Gasteiger partial charge in [-0.05, 0) is 49.4 Å². The van der Waals surface area contributed by atoms with Gasteiger partial charge >= 0.3 is 0 Å². The van der Waals surface area contributed by atoms with Crippen LogP contribution in [0.4, 0.5) is 5.82 Å². The molecule has 1 amide bonds. The molecule has 0 saturated heterocycles. The van der Waals surface area contributed by atoms with E-state index in [4.69, 9.17) is 9.97 Å². The van der Waals surface area contributed by atoms with Crippen molar-refractivity contribution in [3.8, 4) is 17.0 Å². The van der Waals surface area contributed by atoms with E-state index in [1.807, 2.05) is 26.8 Å². The Morgan fingerprint density at radius 2 is 2.08 bits per heavy atom. The van der Waals surface area contributed by atoms with E-state index in [0.29, 0.717) is 12.2 Å². The normalized spacial score (nSPS) is 13.8. The highest BCUT2D eigenvalue weighted by Gasteiger charge is 2.22. The number of carbonyl (C=O) groups excluding carboxylic acids is 1. The number of aryl methyl sites for hydroxylation is 3. The van der Waals surface area contributed by atoms with Crippen molar-refractivity contribution in [1.82, 2.24) is 9.97 Å². The quantitative estimate of drug-likeness (QED) is 0.902. The molecule has 24 heavy (non-hydrogen) atoms. The Morgan fingerprint density at radius 3 is 2.79 bits per heavy atom. The Morgan fingerprint density at radius 1 is 1.29 bits per heavy atom. The van der Waals surface area contributed by atoms with Crippen LogP contribution in [0.2, 0.25) is 0 Å². The van der Waals surface area contributed by atoms with Crippen molar-refractivity contribution in [1.29, 1.82) is 0 Å². The van der Waals surface area contributed by atoms with Gasteiger partial charge in [0, 0.05) is 11.5 Å². The predicted octanol–water partition coefficient (Wildman–Crippen LogP) is 3.49. The number of nitrogens with zero attached hydrogens (tertiary/aromatic N) is 2. The molecule has 1 atom stereocenters. The smallest absolute Gasteiger partial charge is 0.228 e. The van der Waals surface area contributed by atoms with Gasteiger partial charge in [-0.3, -0.25) is 4.79 Å². The Bertz CT molecular complexity index is 786. The van der Waals surface area contributed by atoms with Gasteiger partial charge in [-0.1, -0.05) is 20.8 Å². The number of phenolic OH excluding ortho intramolecular Hbond substituents is 1. The lowest BCUT2D eigenvalue weighted by molar-refractivity contribution is -0.119. The highest BCUT2D eigenvalue weighted by molar-refractivity contribution is 5.92. The molecule has 0 fully saturated rings. The number of hydrogen-bond donors (Lipinski definition) is 2. The first kappa shape index (κ1) is 16.4. The molecule has 1 aliphatic rings. The SMILES string of the molecule is CCc1nc2c(nc1NC(=O)C(C)CC)CCc1cc(O)ccc1-2. The Kier molecular flexibility index (Phi) is 4.51. The van der Waals surface area contributed by atoms with Gasteiger partial charge in [0.1, 0.15) is 5.75 Å². The third kappa shape index (κ3) is 2.98. The summed E-state index contributed by atoms with van der Waals surface area (Å²) in [6.07, 6.45) is 3.07. The van der Waals surface area contributed by atoms with Gasteiger partial charge in [0.25, 0.3) is 0 Å². The van der Waals surface area contributed by atoms with E-state index in [2.05, 4.69) is 5.32 Å². The Hall–Kier alpha value is -2.43. The van der Waals surface area contributed by atoms with Gasteiger partial charge < -0.3 is 10.4 Å². The number of carbonyl (C=O) groups is 1. The largest absolute Gasteiger partial charge is 0.508 e. The summed E-state index contributed by atoms with van der Waals surface area (Å²) in [5.74, 6) is 0.806. The minimum Gasteiger partial charge on any atom is -0.508 e. The lowest BCUT2D eigenvalue weighted by Gasteiger charge is -2.21. The van der Waals surface area contributed by atoms with E-state index < -0.39 is 0 Å². The maximum atomic E-state index is 12.2. The summed E-state index contributed by atoms with van der Waals surface area (Å²) in [6, 6.07) is 5.37. The van der Waals surface area contributed by atoms with Crippen LogP contribution in [0.3, 0.4) is 0 Å². The number of aromatic hydroxyl groups is 1. The fourth-order valence-corrected chi connectivity index (χ4v) is 2.94. The van der Waals surface area contributed by atoms with Crippen LogP contribution >= 0.6 is 0 Å². The summed E-state index contributed by atoms with van der Waals surface area (Å²) < 4.78 is 0. The molecular formula is C19H23N3O2. The average Bonchev–Trinajstić information content (AvgIpc) is 2.59. The molecule has 1 heterocycles. The standard InChI is InChI=1S/C19H23N3O2/c1-4-11(3)19(24)22-18-15(5-2)20-17-14-8-7-13(23)10-12(14)6-9-16(17)21-18/h7-8,10-11,23H,4-6,9H2,1-3H3,(H,21,22,24). The Balaban J connectivity index is 2.01. The van der Waals surface area contributed by atoms with E-state index in [0.717, 1.165) is 47.5 Å². The summed E-state index contributed by atoms with van der Waals surface area (Å²) in [4.78, 5) is 21.7. The number of anilines is 1. The van der Waals surface area contributed by atoms with Crippen LogP contribution in [0.15, 0.2) is 18.2 Å². The van der Waals surface area contributed by atoms with Crippen molar-refractivity contribution >= 4 is 11.7 Å². The monoisotopic (exact) mass is 325 g/mol. The van der Waals surface area contributed by atoms with E-state index in [1.165, 1.54) is 0 Å². The maximum Gasteiger partial charge on any atom is 0.228 e. The molecule has 1 unspecified atom stereocenters. The van der Waals surface area contributed by atoms with E-state index in [9.17, 15) is 9.90 Å². The third-order valence-electron chi connectivity index (χ3n) is 4.65. The van der Waals surface area contributed by atoms with Crippen LogP contribution in [0.1, 0.15) is 44.1 Å². The minimum atomic E-state index is -0.0451. The number of rotatable bonds is 4. The summed E-state index contributed by atoms with van der Waals surface area (Å²) >= 11 is 0. The fourth-order valence-electron chi connectivity index (χ4n) is 2.94. The van der Waals surface area contributed by atoms with Crippen molar-refractivity contribution in [2.75, 3.05) is 5.32 Å². The molecule has 1 aromatic heterocycles. The first-order valence-electron chi connectivity index (χ1n) is 8.56. The molecule has 1 aliphatic carbocycles. The van der Waals surface area contributed by atoms with E-state index in [1.54, 1.807) is 12.1 Å². The zero-order chi connectivity index (χ0) is 17.3. The van der Waals surface area contributed by atoms with Crippen LogP contribution in [0, 0.1) is 5.92 Å². The average molecular weight is 325 g/mol. The number of benzene rings is 1. The molecular weight excluding hydrogens is 302 g/mol. The first-order valence-corrected chi connectivity index (χ1v) is 8.56. The van der Waals surface area contributed by atoms with Gasteiger partial charge in [-0.25, -0.2) is 9.97 Å². The summed E-state index contributed by atoms with van der Waals surface area (Å²) in [5.41, 5.74) is 4.69. The van der Waals surface area contributed by atoms with Gasteiger partial charge in [-0.2, -0.15) is 0 Å². The summed E-state index contributed by atoms with van der Waals surface area (Å²) in [6.45, 7) is 5.92. The van der Waals surface area contributed by atoms with Crippen molar-refractivity contribution in [3.05, 3.63) is 35.2 Å². The molecule has 126 valence electrons. The molecule has 0 spiro atoms. The molecule has 0 bridgehead atoms. The Labute approximate surface area is 142 Å². The zero-order valence-corrected chi connectivity index (χ0v) is 14.4. The van der Waals surface area contributed by atoms with Crippen molar-refractivity contribution in [3.63, 3.8) is 0 Å². The van der Waals surface area contributed by atoms with Gasteiger partial charge in [0.2, 0.25) is 5.91 Å². The molecule has 2 N–H and O–H groups in total. The minimum absolute atomic E-state index is 0.0115. The van der Waals surface area contributed by atoms with Crippen LogP contribution in [0.5, 0.6) is 5.75 Å². The second-order valence-electron chi connectivity index (χ2n) is 6.31. The lowest BCUT2D eigenvalue weighted by Crippen LogP contribution is -2.23. The number of nitrogens with one attached hydrogen (secondary N) is 1.